The molecule has 0 bridgehead atoms. The second-order valence-electron chi connectivity index (χ2n) is 5.78. The van der Waals surface area contributed by atoms with Crippen LogP contribution >= 0.6 is 11.3 Å². The zero-order valence-electron chi connectivity index (χ0n) is 13.2. The lowest BCUT2D eigenvalue weighted by Crippen LogP contribution is -2.21. The third-order valence-electron chi connectivity index (χ3n) is 4.25. The summed E-state index contributed by atoms with van der Waals surface area (Å²) in [6.07, 6.45) is 5.41. The molecule has 5 heteroatoms. The second-order valence-corrected chi connectivity index (χ2v) is 6.69. The highest BCUT2D eigenvalue weighted by Crippen LogP contribution is 2.35. The summed E-state index contributed by atoms with van der Waals surface area (Å²) in [4.78, 5) is 12.6. The summed E-state index contributed by atoms with van der Waals surface area (Å²) < 4.78 is 10.9. The number of hydrogen-bond donors (Lipinski definition) is 1. The smallest absolute Gasteiger partial charge is 0.342 e. The Hall–Kier alpha value is -2.01. The number of nitrogens with two attached hydrogens (primary N) is 1. The summed E-state index contributed by atoms with van der Waals surface area (Å²) in [6.45, 7) is 0. The molecule has 0 amide bonds. The molecule has 0 unspecified atom stereocenters. The van der Waals surface area contributed by atoms with Crippen molar-refractivity contribution >= 4 is 22.3 Å². The van der Waals surface area contributed by atoms with Gasteiger partial charge in [0, 0.05) is 10.9 Å². The molecule has 0 radical (unpaired) electrons. The third kappa shape index (κ3) is 3.50. The summed E-state index contributed by atoms with van der Waals surface area (Å²) in [6, 6.07) is 7.61. The first-order valence-corrected chi connectivity index (χ1v) is 8.79. The number of nitrogen functional groups attached to an aromatic ring is 1. The maximum atomic E-state index is 12.6. The van der Waals surface area contributed by atoms with Gasteiger partial charge in [0.2, 0.25) is 0 Å². The van der Waals surface area contributed by atoms with E-state index in [0.29, 0.717) is 10.6 Å². The molecular formula is C18H21NO3S. The van der Waals surface area contributed by atoms with Crippen LogP contribution in [0.4, 0.5) is 5.00 Å². The van der Waals surface area contributed by atoms with Crippen LogP contribution in [-0.4, -0.2) is 19.2 Å². The first kappa shape index (κ1) is 15.9. The lowest BCUT2D eigenvalue weighted by Gasteiger charge is -2.22. The highest BCUT2D eigenvalue weighted by molar-refractivity contribution is 7.14. The minimum absolute atomic E-state index is 0.0271. The Morgan fingerprint density at radius 1 is 1.17 bits per heavy atom. The first-order chi connectivity index (χ1) is 11.2. The number of benzene rings is 1. The number of ether oxygens (including phenoxy) is 2. The Labute approximate surface area is 140 Å². The molecule has 1 aliphatic rings. The zero-order valence-corrected chi connectivity index (χ0v) is 14.0. The lowest BCUT2D eigenvalue weighted by molar-refractivity contribution is 0.0214. The maximum absolute atomic E-state index is 12.6. The van der Waals surface area contributed by atoms with Crippen molar-refractivity contribution in [3.63, 3.8) is 0 Å². The van der Waals surface area contributed by atoms with Gasteiger partial charge in [-0.25, -0.2) is 4.79 Å². The van der Waals surface area contributed by atoms with E-state index in [-0.39, 0.29) is 12.1 Å². The number of anilines is 1. The molecule has 1 aromatic heterocycles. The van der Waals surface area contributed by atoms with Crippen molar-refractivity contribution in [1.29, 1.82) is 0 Å². The van der Waals surface area contributed by atoms with E-state index >= 15 is 0 Å². The van der Waals surface area contributed by atoms with E-state index in [4.69, 9.17) is 15.2 Å². The van der Waals surface area contributed by atoms with Crippen LogP contribution in [0.2, 0.25) is 0 Å². The highest BCUT2D eigenvalue weighted by atomic mass is 32.1. The number of hydrogen-bond acceptors (Lipinski definition) is 5. The van der Waals surface area contributed by atoms with Gasteiger partial charge in [0.15, 0.2) is 0 Å². The molecule has 1 heterocycles. The molecule has 0 atom stereocenters. The molecule has 1 saturated carbocycles. The van der Waals surface area contributed by atoms with Crippen molar-refractivity contribution in [3.05, 3.63) is 35.2 Å². The minimum atomic E-state index is -0.304. The molecule has 0 spiro atoms. The quantitative estimate of drug-likeness (QED) is 0.838. The molecule has 0 saturated heterocycles. The van der Waals surface area contributed by atoms with Crippen molar-refractivity contribution in [2.45, 2.75) is 38.2 Å². The monoisotopic (exact) mass is 331 g/mol. The fourth-order valence-electron chi connectivity index (χ4n) is 2.96. The topological polar surface area (TPSA) is 61.5 Å². The summed E-state index contributed by atoms with van der Waals surface area (Å²) in [5, 5.41) is 2.42. The van der Waals surface area contributed by atoms with E-state index in [2.05, 4.69) is 0 Å². The van der Waals surface area contributed by atoms with Gasteiger partial charge in [-0.1, -0.05) is 18.6 Å². The molecule has 0 aliphatic heterocycles. The van der Waals surface area contributed by atoms with Gasteiger partial charge in [-0.3, -0.25) is 0 Å². The van der Waals surface area contributed by atoms with Crippen molar-refractivity contribution in [2.75, 3.05) is 12.8 Å². The third-order valence-corrected chi connectivity index (χ3v) is 5.06. The number of carbonyl (C=O) groups is 1. The van der Waals surface area contributed by atoms with Crippen LogP contribution in [0.5, 0.6) is 5.75 Å². The normalized spacial score (nSPS) is 15.3. The van der Waals surface area contributed by atoms with Crippen LogP contribution in [0.3, 0.4) is 0 Å². The molecule has 1 aliphatic carbocycles. The zero-order chi connectivity index (χ0) is 16.2. The van der Waals surface area contributed by atoms with E-state index in [0.717, 1.165) is 42.6 Å². The largest absolute Gasteiger partial charge is 0.497 e. The molecule has 4 nitrogen and oxygen atoms in total. The predicted molar refractivity (Wildman–Crippen MR) is 93.0 cm³/mol. The van der Waals surface area contributed by atoms with Gasteiger partial charge in [-0.15, -0.1) is 11.3 Å². The number of rotatable bonds is 4. The van der Waals surface area contributed by atoms with E-state index in [1.54, 1.807) is 7.11 Å². The van der Waals surface area contributed by atoms with Crippen LogP contribution < -0.4 is 10.5 Å². The molecule has 2 aromatic rings. The van der Waals surface area contributed by atoms with E-state index < -0.39 is 0 Å². The number of esters is 1. The molecular weight excluding hydrogens is 310 g/mol. The Kier molecular flexibility index (Phi) is 4.86. The van der Waals surface area contributed by atoms with E-state index in [9.17, 15) is 4.79 Å². The highest BCUT2D eigenvalue weighted by Gasteiger charge is 2.24. The summed E-state index contributed by atoms with van der Waals surface area (Å²) in [7, 11) is 1.63. The average Bonchev–Trinajstić information content (AvgIpc) is 2.97. The van der Waals surface area contributed by atoms with Gasteiger partial charge in [0.05, 0.1) is 7.11 Å². The Bertz CT molecular complexity index is 672. The van der Waals surface area contributed by atoms with Gasteiger partial charge < -0.3 is 15.2 Å². The van der Waals surface area contributed by atoms with Gasteiger partial charge in [0.25, 0.3) is 0 Å². The number of carbonyl (C=O) groups excluding carboxylic acids is 1. The fourth-order valence-corrected chi connectivity index (χ4v) is 3.77. The average molecular weight is 331 g/mol. The second kappa shape index (κ2) is 7.04. The van der Waals surface area contributed by atoms with Gasteiger partial charge in [-0.05, 0) is 43.4 Å². The van der Waals surface area contributed by atoms with Crippen molar-refractivity contribution in [3.8, 4) is 16.9 Å². The summed E-state index contributed by atoms with van der Waals surface area (Å²) >= 11 is 1.37. The lowest BCUT2D eigenvalue weighted by atomic mass is 9.97. The molecule has 122 valence electrons. The Balaban J connectivity index is 1.83. The predicted octanol–water partition coefficient (Wildman–Crippen LogP) is 4.50. The van der Waals surface area contributed by atoms with Crippen LogP contribution in [-0.2, 0) is 4.74 Å². The molecule has 3 rings (SSSR count). The van der Waals surface area contributed by atoms with Crippen molar-refractivity contribution < 1.29 is 14.3 Å². The number of methoxy groups -OCH3 is 1. The van der Waals surface area contributed by atoms with Crippen LogP contribution in [0.1, 0.15) is 42.5 Å². The molecule has 23 heavy (non-hydrogen) atoms. The van der Waals surface area contributed by atoms with Crippen LogP contribution in [0, 0.1) is 0 Å². The molecule has 2 N–H and O–H groups in total. The van der Waals surface area contributed by atoms with Gasteiger partial charge in [-0.2, -0.15) is 0 Å². The fraction of sp³-hybridized carbons (Fsp3) is 0.389. The number of thiophene rings is 1. The van der Waals surface area contributed by atoms with E-state index in [1.165, 1.54) is 17.8 Å². The van der Waals surface area contributed by atoms with Crippen LogP contribution in [0.15, 0.2) is 29.6 Å². The maximum Gasteiger partial charge on any atom is 0.342 e. The van der Waals surface area contributed by atoms with Gasteiger partial charge in [0.1, 0.15) is 22.4 Å². The standard InChI is InChI=1S/C18H21NO3S/c1-21-13-9-7-12(8-10-13)15-11-23-17(19)16(15)18(20)22-14-5-3-2-4-6-14/h7-11,14H,2-6,19H2,1H3. The summed E-state index contributed by atoms with van der Waals surface area (Å²) in [5.41, 5.74) is 8.29. The van der Waals surface area contributed by atoms with Crippen LogP contribution in [0.25, 0.3) is 11.1 Å². The van der Waals surface area contributed by atoms with Gasteiger partial charge >= 0.3 is 5.97 Å². The molecule has 1 aromatic carbocycles. The Morgan fingerprint density at radius 3 is 2.52 bits per heavy atom. The first-order valence-electron chi connectivity index (χ1n) is 7.91. The van der Waals surface area contributed by atoms with E-state index in [1.807, 2.05) is 29.6 Å². The summed E-state index contributed by atoms with van der Waals surface area (Å²) in [5.74, 6) is 0.477. The molecule has 1 fully saturated rings. The Morgan fingerprint density at radius 2 is 1.87 bits per heavy atom. The minimum Gasteiger partial charge on any atom is -0.497 e. The SMILES string of the molecule is COc1ccc(-c2csc(N)c2C(=O)OC2CCCCC2)cc1. The van der Waals surface area contributed by atoms with Crippen molar-refractivity contribution in [1.82, 2.24) is 0 Å². The van der Waals surface area contributed by atoms with Crippen molar-refractivity contribution in [2.24, 2.45) is 0 Å².